The van der Waals surface area contributed by atoms with E-state index in [1.165, 1.54) is 0 Å². The Kier molecular flexibility index (Phi) is 7.96. The van der Waals surface area contributed by atoms with Crippen molar-refractivity contribution in [1.29, 1.82) is 0 Å². The topological polar surface area (TPSA) is 59.6 Å². The number of hydrogen-bond donors (Lipinski definition) is 2. The van der Waals surface area contributed by atoms with E-state index in [-0.39, 0.29) is 30.0 Å². The Morgan fingerprint density at radius 3 is 2.89 bits per heavy atom. The minimum atomic E-state index is -0.187. The summed E-state index contributed by atoms with van der Waals surface area (Å²) in [6, 6.07) is 7.25. The molecule has 0 radical (unpaired) electrons. The second-order valence-electron chi connectivity index (χ2n) is 3.46. The average Bonchev–Trinajstić information content (AvgIpc) is 2.36. The van der Waals surface area contributed by atoms with E-state index in [1.807, 2.05) is 31.2 Å². The molecule has 1 aromatic rings. The molecule has 0 aliphatic rings. The van der Waals surface area contributed by atoms with Crippen LogP contribution >= 0.6 is 24.0 Å². The summed E-state index contributed by atoms with van der Waals surface area (Å²) < 4.78 is 5.11. The van der Waals surface area contributed by atoms with E-state index in [2.05, 4.69) is 16.2 Å². The lowest BCUT2D eigenvalue weighted by molar-refractivity contribution is 0.415. The minimum Gasteiger partial charge on any atom is -0.497 e. The van der Waals surface area contributed by atoms with Crippen molar-refractivity contribution in [1.82, 2.24) is 0 Å². The number of anilines is 1. The molecule has 0 aliphatic carbocycles. The Labute approximate surface area is 125 Å². The third kappa shape index (κ3) is 5.27. The van der Waals surface area contributed by atoms with Gasteiger partial charge in [-0.3, -0.25) is 0 Å². The molecule has 0 spiro atoms. The number of rotatable bonds is 4. The molecular formula is C13H18IN3O. The van der Waals surface area contributed by atoms with Crippen LogP contribution in [0.4, 0.5) is 5.69 Å². The van der Waals surface area contributed by atoms with Gasteiger partial charge in [0, 0.05) is 11.8 Å². The smallest absolute Gasteiger partial charge is 0.194 e. The van der Waals surface area contributed by atoms with Gasteiger partial charge in [-0.15, -0.1) is 30.4 Å². The van der Waals surface area contributed by atoms with Crippen LogP contribution in [-0.2, 0) is 0 Å². The van der Waals surface area contributed by atoms with Crippen LogP contribution in [0.3, 0.4) is 0 Å². The van der Waals surface area contributed by atoms with Gasteiger partial charge in [-0.1, -0.05) is 18.9 Å². The van der Waals surface area contributed by atoms with Crippen LogP contribution < -0.4 is 15.8 Å². The number of nitrogens with two attached hydrogens (primary N) is 1. The number of nitrogens with one attached hydrogen (secondary N) is 1. The van der Waals surface area contributed by atoms with Crippen molar-refractivity contribution >= 4 is 35.6 Å². The summed E-state index contributed by atoms with van der Waals surface area (Å²) in [4.78, 5) is 4.17. The molecule has 0 saturated carbocycles. The summed E-state index contributed by atoms with van der Waals surface area (Å²) >= 11 is 0. The molecule has 98 valence electrons. The van der Waals surface area contributed by atoms with Crippen LogP contribution in [0.2, 0.25) is 0 Å². The lowest BCUT2D eigenvalue weighted by atomic mass is 10.2. The molecule has 4 nitrogen and oxygen atoms in total. The predicted molar refractivity (Wildman–Crippen MR) is 86.6 cm³/mol. The van der Waals surface area contributed by atoms with Gasteiger partial charge in [0.25, 0.3) is 0 Å². The molecule has 0 heterocycles. The molecule has 0 aromatic heterocycles. The fourth-order valence-electron chi connectivity index (χ4n) is 1.30. The Bertz CT molecular complexity index is 440. The van der Waals surface area contributed by atoms with Crippen molar-refractivity contribution in [2.24, 2.45) is 10.7 Å². The number of benzene rings is 1. The monoisotopic (exact) mass is 359 g/mol. The lowest BCUT2D eigenvalue weighted by Crippen LogP contribution is -2.24. The Morgan fingerprint density at radius 2 is 2.33 bits per heavy atom. The molecule has 1 aromatic carbocycles. The van der Waals surface area contributed by atoms with Gasteiger partial charge in [0.05, 0.1) is 7.11 Å². The number of ether oxygens (including phenoxy) is 1. The highest BCUT2D eigenvalue weighted by atomic mass is 127. The van der Waals surface area contributed by atoms with Gasteiger partial charge in [-0.25, -0.2) is 4.99 Å². The summed E-state index contributed by atoms with van der Waals surface area (Å²) in [6.07, 6.45) is 6.07. The van der Waals surface area contributed by atoms with Gasteiger partial charge >= 0.3 is 0 Å². The van der Waals surface area contributed by atoms with Gasteiger partial charge < -0.3 is 15.8 Å². The molecule has 0 bridgehead atoms. The molecular weight excluding hydrogens is 341 g/mol. The number of guanidine groups is 1. The molecule has 5 heteroatoms. The van der Waals surface area contributed by atoms with Gasteiger partial charge in [-0.05, 0) is 18.6 Å². The highest BCUT2D eigenvalue weighted by Gasteiger charge is 2.01. The largest absolute Gasteiger partial charge is 0.497 e. The maximum Gasteiger partial charge on any atom is 0.194 e. The first kappa shape index (κ1) is 16.6. The van der Waals surface area contributed by atoms with Crippen LogP contribution in [0.25, 0.3) is 0 Å². The normalized spacial score (nSPS) is 11.9. The standard InChI is InChI=1S/C13H17N3O.HI/c1-4-10(5-2)15-13(14)16-11-7-6-8-12(9-11)17-3;/h1,6-10H,5H2,2-3H3,(H3,14,15,16);1H. The van der Waals surface area contributed by atoms with Crippen molar-refractivity contribution in [3.63, 3.8) is 0 Å². The number of methoxy groups -OCH3 is 1. The number of nitrogens with zero attached hydrogens (tertiary/aromatic N) is 1. The fraction of sp³-hybridized carbons (Fsp3) is 0.308. The molecule has 0 saturated heterocycles. The zero-order valence-electron chi connectivity index (χ0n) is 10.5. The minimum absolute atomic E-state index is 0. The lowest BCUT2D eigenvalue weighted by Gasteiger charge is -2.09. The highest BCUT2D eigenvalue weighted by Crippen LogP contribution is 2.16. The summed E-state index contributed by atoms with van der Waals surface area (Å²) in [5.41, 5.74) is 6.57. The van der Waals surface area contributed by atoms with Crippen molar-refractivity contribution in [3.8, 4) is 18.1 Å². The van der Waals surface area contributed by atoms with E-state index >= 15 is 0 Å². The van der Waals surface area contributed by atoms with Crippen LogP contribution in [0, 0.1) is 12.3 Å². The third-order valence-corrected chi connectivity index (χ3v) is 2.22. The van der Waals surface area contributed by atoms with Crippen molar-refractivity contribution in [2.75, 3.05) is 12.4 Å². The van der Waals surface area contributed by atoms with Gasteiger partial charge in [0.2, 0.25) is 0 Å². The van der Waals surface area contributed by atoms with E-state index in [1.54, 1.807) is 7.11 Å². The fourth-order valence-corrected chi connectivity index (χ4v) is 1.30. The average molecular weight is 359 g/mol. The molecule has 0 fully saturated rings. The molecule has 1 unspecified atom stereocenters. The Morgan fingerprint density at radius 1 is 1.61 bits per heavy atom. The summed E-state index contributed by atoms with van der Waals surface area (Å²) in [5, 5.41) is 2.97. The molecule has 1 atom stereocenters. The molecule has 0 amide bonds. The molecule has 1 rings (SSSR count). The van der Waals surface area contributed by atoms with E-state index in [9.17, 15) is 0 Å². The van der Waals surface area contributed by atoms with Crippen LogP contribution in [-0.4, -0.2) is 19.1 Å². The molecule has 0 aliphatic heterocycles. The van der Waals surface area contributed by atoms with E-state index in [0.717, 1.165) is 17.9 Å². The first-order valence-corrected chi connectivity index (χ1v) is 5.40. The van der Waals surface area contributed by atoms with Crippen LogP contribution in [0.1, 0.15) is 13.3 Å². The third-order valence-electron chi connectivity index (χ3n) is 2.22. The first-order chi connectivity index (χ1) is 8.19. The van der Waals surface area contributed by atoms with Gasteiger partial charge in [0.15, 0.2) is 5.96 Å². The van der Waals surface area contributed by atoms with Crippen molar-refractivity contribution < 1.29 is 4.74 Å². The number of halogens is 1. The van der Waals surface area contributed by atoms with Crippen LogP contribution in [0.15, 0.2) is 29.3 Å². The Balaban J connectivity index is 0.00000289. The Hall–Kier alpha value is -1.42. The maximum atomic E-state index is 5.75. The molecule has 18 heavy (non-hydrogen) atoms. The van der Waals surface area contributed by atoms with Crippen molar-refractivity contribution in [3.05, 3.63) is 24.3 Å². The predicted octanol–water partition coefficient (Wildman–Crippen LogP) is 2.45. The highest BCUT2D eigenvalue weighted by molar-refractivity contribution is 14.0. The maximum absolute atomic E-state index is 5.75. The second-order valence-corrected chi connectivity index (χ2v) is 3.46. The summed E-state index contributed by atoms with van der Waals surface area (Å²) in [7, 11) is 1.61. The zero-order chi connectivity index (χ0) is 12.7. The van der Waals surface area contributed by atoms with Crippen LogP contribution in [0.5, 0.6) is 5.75 Å². The zero-order valence-corrected chi connectivity index (χ0v) is 12.8. The number of aliphatic imine (C=N–C) groups is 1. The van der Waals surface area contributed by atoms with Crippen molar-refractivity contribution in [2.45, 2.75) is 19.4 Å². The van der Waals surface area contributed by atoms with Gasteiger partial charge in [0.1, 0.15) is 11.8 Å². The SMILES string of the molecule is C#CC(CC)N=C(N)Nc1cccc(OC)c1.I. The summed E-state index contributed by atoms with van der Waals surface area (Å²) in [5.74, 6) is 3.62. The second kappa shape index (κ2) is 8.64. The quantitative estimate of drug-likeness (QED) is 0.376. The van der Waals surface area contributed by atoms with E-state index in [4.69, 9.17) is 16.9 Å². The first-order valence-electron chi connectivity index (χ1n) is 5.40. The molecule has 3 N–H and O–H groups in total. The number of terminal acetylenes is 1. The van der Waals surface area contributed by atoms with E-state index < -0.39 is 0 Å². The van der Waals surface area contributed by atoms with E-state index in [0.29, 0.717) is 5.96 Å². The number of hydrogen-bond acceptors (Lipinski definition) is 2. The summed E-state index contributed by atoms with van der Waals surface area (Å²) in [6.45, 7) is 1.97. The van der Waals surface area contributed by atoms with Gasteiger partial charge in [-0.2, -0.15) is 0 Å².